The first-order valence-electron chi connectivity index (χ1n) is 7.28. The molecule has 114 valence electrons. The first-order valence-corrected chi connectivity index (χ1v) is 7.28. The van der Waals surface area contributed by atoms with E-state index in [9.17, 15) is 4.79 Å². The molecule has 1 aromatic carbocycles. The largest absolute Gasteiger partial charge is 0.494 e. The molecule has 0 radical (unpaired) electrons. The number of carbonyl (C=O) groups is 1. The predicted molar refractivity (Wildman–Crippen MR) is 82.9 cm³/mol. The number of nitrogens with zero attached hydrogens (tertiary/aromatic N) is 1. The van der Waals surface area contributed by atoms with Crippen molar-refractivity contribution < 1.29 is 14.6 Å². The second kappa shape index (κ2) is 6.63. The van der Waals surface area contributed by atoms with Gasteiger partial charge in [0.05, 0.1) is 13.2 Å². The Bertz CT molecular complexity index is 646. The lowest BCUT2D eigenvalue weighted by Crippen LogP contribution is -2.29. The van der Waals surface area contributed by atoms with E-state index in [0.29, 0.717) is 18.8 Å². The molecule has 0 saturated heterocycles. The number of rotatable bonds is 6. The van der Waals surface area contributed by atoms with E-state index in [1.165, 1.54) is 0 Å². The molecule has 1 amide bonds. The molecule has 0 bridgehead atoms. The number of nitrogens with one attached hydrogen (secondary N) is 1. The molecule has 1 heterocycles. The molecule has 0 saturated carbocycles. The lowest BCUT2D eigenvalue weighted by atomic mass is 10.1. The summed E-state index contributed by atoms with van der Waals surface area (Å²) in [5, 5.41) is 12.6. The Kier molecular flexibility index (Phi) is 4.85. The number of aromatic nitrogens is 1. The van der Waals surface area contributed by atoms with Gasteiger partial charge in [0.2, 0.25) is 0 Å². The quantitative estimate of drug-likeness (QED) is 0.856. The van der Waals surface area contributed by atoms with Gasteiger partial charge in [0, 0.05) is 24.0 Å². The van der Waals surface area contributed by atoms with Crippen LogP contribution in [0.25, 0.3) is 10.9 Å². The number of hydrogen-bond donors (Lipinski definition) is 2. The number of fused-ring (bicyclic) bond motifs is 1. The van der Waals surface area contributed by atoms with E-state index < -0.39 is 0 Å². The van der Waals surface area contributed by atoms with Gasteiger partial charge < -0.3 is 19.7 Å². The molecule has 0 fully saturated rings. The average molecular weight is 290 g/mol. The minimum Gasteiger partial charge on any atom is -0.494 e. The van der Waals surface area contributed by atoms with Crippen LogP contribution >= 0.6 is 0 Å². The molecule has 5 heteroatoms. The van der Waals surface area contributed by atoms with Crippen molar-refractivity contribution >= 4 is 16.8 Å². The minimum atomic E-state index is -0.155. The maximum atomic E-state index is 12.3. The van der Waals surface area contributed by atoms with Gasteiger partial charge >= 0.3 is 0 Å². The number of ether oxygens (including phenoxy) is 1. The molecule has 0 atom stereocenters. The molecule has 0 aliphatic rings. The third kappa shape index (κ3) is 2.88. The topological polar surface area (TPSA) is 63.5 Å². The molecule has 21 heavy (non-hydrogen) atoms. The Labute approximate surface area is 124 Å². The van der Waals surface area contributed by atoms with Gasteiger partial charge in [-0.05, 0) is 44.5 Å². The van der Waals surface area contributed by atoms with Crippen LogP contribution in [0.15, 0.2) is 18.2 Å². The highest BCUT2D eigenvalue weighted by molar-refractivity contribution is 6.02. The van der Waals surface area contributed by atoms with Gasteiger partial charge in [0.25, 0.3) is 5.91 Å². The highest BCUT2D eigenvalue weighted by Gasteiger charge is 2.19. The second-order valence-electron chi connectivity index (χ2n) is 4.81. The van der Waals surface area contributed by atoms with Crippen LogP contribution in [-0.4, -0.2) is 35.3 Å². The van der Waals surface area contributed by atoms with Gasteiger partial charge in [-0.2, -0.15) is 0 Å². The van der Waals surface area contributed by atoms with E-state index in [4.69, 9.17) is 9.84 Å². The molecule has 1 aromatic heterocycles. The third-order valence-electron chi connectivity index (χ3n) is 3.53. The Morgan fingerprint density at radius 2 is 2.14 bits per heavy atom. The van der Waals surface area contributed by atoms with Crippen molar-refractivity contribution in [3.8, 4) is 5.75 Å². The summed E-state index contributed by atoms with van der Waals surface area (Å²) in [6.07, 6.45) is 0. The zero-order valence-corrected chi connectivity index (χ0v) is 12.8. The van der Waals surface area contributed by atoms with Crippen molar-refractivity contribution in [1.29, 1.82) is 0 Å². The van der Waals surface area contributed by atoms with E-state index in [1.807, 2.05) is 43.5 Å². The van der Waals surface area contributed by atoms with Crippen molar-refractivity contribution in [1.82, 2.24) is 9.88 Å². The van der Waals surface area contributed by atoms with Crippen molar-refractivity contribution in [3.05, 3.63) is 29.5 Å². The average Bonchev–Trinajstić information content (AvgIpc) is 2.77. The lowest BCUT2D eigenvalue weighted by Gasteiger charge is -2.09. The smallest absolute Gasteiger partial charge is 0.268 e. The molecule has 2 N–H and O–H groups in total. The van der Waals surface area contributed by atoms with Crippen LogP contribution in [0.5, 0.6) is 5.75 Å². The number of aryl methyl sites for hydroxylation is 2. The van der Waals surface area contributed by atoms with E-state index >= 15 is 0 Å². The standard InChI is InChI=1S/C16H22N2O3/c1-4-18-14-7-6-12(21-5-2)10-13(14)11(3)15(18)16(20)17-8-9-19/h6-7,10,19H,4-5,8-9H2,1-3H3,(H,17,20). The van der Waals surface area contributed by atoms with Crippen molar-refractivity contribution in [2.45, 2.75) is 27.3 Å². The summed E-state index contributed by atoms with van der Waals surface area (Å²) in [6.45, 7) is 7.42. The summed E-state index contributed by atoms with van der Waals surface area (Å²) in [6, 6.07) is 5.88. The zero-order chi connectivity index (χ0) is 15.4. The highest BCUT2D eigenvalue weighted by atomic mass is 16.5. The van der Waals surface area contributed by atoms with Crippen LogP contribution in [0.3, 0.4) is 0 Å². The third-order valence-corrected chi connectivity index (χ3v) is 3.53. The summed E-state index contributed by atoms with van der Waals surface area (Å²) in [4.78, 5) is 12.3. The van der Waals surface area contributed by atoms with Gasteiger partial charge in [-0.3, -0.25) is 4.79 Å². The molecule has 0 aliphatic heterocycles. The van der Waals surface area contributed by atoms with Crippen molar-refractivity contribution in [2.75, 3.05) is 19.8 Å². The maximum absolute atomic E-state index is 12.3. The SMILES string of the molecule is CCOc1ccc2c(c1)c(C)c(C(=O)NCCO)n2CC. The fourth-order valence-corrected chi connectivity index (χ4v) is 2.63. The molecule has 2 aromatic rings. The molecule has 0 aliphatic carbocycles. The number of aliphatic hydroxyl groups excluding tert-OH is 1. The number of carbonyl (C=O) groups excluding carboxylic acids is 1. The number of amides is 1. The van der Waals surface area contributed by atoms with E-state index in [0.717, 1.165) is 22.2 Å². The van der Waals surface area contributed by atoms with Crippen LogP contribution in [0.4, 0.5) is 0 Å². The zero-order valence-electron chi connectivity index (χ0n) is 12.8. The molecule has 0 spiro atoms. The van der Waals surface area contributed by atoms with E-state index in [2.05, 4.69) is 5.32 Å². The van der Waals surface area contributed by atoms with E-state index in [-0.39, 0.29) is 19.1 Å². The van der Waals surface area contributed by atoms with Gasteiger partial charge in [-0.1, -0.05) is 0 Å². The number of benzene rings is 1. The summed E-state index contributed by atoms with van der Waals surface area (Å²) in [7, 11) is 0. The number of aliphatic hydroxyl groups is 1. The molecular weight excluding hydrogens is 268 g/mol. The van der Waals surface area contributed by atoms with Gasteiger partial charge in [0.15, 0.2) is 0 Å². The highest BCUT2D eigenvalue weighted by Crippen LogP contribution is 2.29. The normalized spacial score (nSPS) is 10.9. The van der Waals surface area contributed by atoms with Crippen LogP contribution in [-0.2, 0) is 6.54 Å². The van der Waals surface area contributed by atoms with Crippen LogP contribution in [0.2, 0.25) is 0 Å². The number of hydrogen-bond acceptors (Lipinski definition) is 3. The molecular formula is C16H22N2O3. The van der Waals surface area contributed by atoms with Gasteiger partial charge in [-0.15, -0.1) is 0 Å². The van der Waals surface area contributed by atoms with Crippen LogP contribution < -0.4 is 10.1 Å². The molecule has 2 rings (SSSR count). The van der Waals surface area contributed by atoms with Crippen LogP contribution in [0.1, 0.15) is 29.9 Å². The van der Waals surface area contributed by atoms with Crippen LogP contribution in [0, 0.1) is 6.92 Å². The predicted octanol–water partition coefficient (Wildman–Crippen LogP) is 2.09. The van der Waals surface area contributed by atoms with Gasteiger partial charge in [0.1, 0.15) is 11.4 Å². The summed E-state index contributed by atoms with van der Waals surface area (Å²) >= 11 is 0. The first kappa shape index (κ1) is 15.4. The Hall–Kier alpha value is -2.01. The van der Waals surface area contributed by atoms with E-state index in [1.54, 1.807) is 0 Å². The van der Waals surface area contributed by atoms with Crippen molar-refractivity contribution in [2.24, 2.45) is 0 Å². The molecule has 5 nitrogen and oxygen atoms in total. The molecule has 0 unspecified atom stereocenters. The Morgan fingerprint density at radius 3 is 2.76 bits per heavy atom. The fraction of sp³-hybridized carbons (Fsp3) is 0.438. The Balaban J connectivity index is 2.54. The minimum absolute atomic E-state index is 0.0639. The monoisotopic (exact) mass is 290 g/mol. The lowest BCUT2D eigenvalue weighted by molar-refractivity contribution is 0.0935. The fourth-order valence-electron chi connectivity index (χ4n) is 2.63. The first-order chi connectivity index (χ1) is 10.1. The second-order valence-corrected chi connectivity index (χ2v) is 4.81. The Morgan fingerprint density at radius 1 is 1.38 bits per heavy atom. The van der Waals surface area contributed by atoms with Crippen molar-refractivity contribution in [3.63, 3.8) is 0 Å². The summed E-state index contributed by atoms with van der Waals surface area (Å²) in [5.41, 5.74) is 2.60. The summed E-state index contributed by atoms with van der Waals surface area (Å²) < 4.78 is 7.53. The summed E-state index contributed by atoms with van der Waals surface area (Å²) in [5.74, 6) is 0.654. The maximum Gasteiger partial charge on any atom is 0.268 e. The van der Waals surface area contributed by atoms with Gasteiger partial charge in [-0.25, -0.2) is 0 Å².